The van der Waals surface area contributed by atoms with Crippen LogP contribution in [0.5, 0.6) is 0 Å². The molecule has 1 fully saturated rings. The summed E-state index contributed by atoms with van der Waals surface area (Å²) in [7, 11) is 0. The van der Waals surface area contributed by atoms with E-state index in [4.69, 9.17) is 5.11 Å². The van der Waals surface area contributed by atoms with Crippen LogP contribution < -0.4 is 0 Å². The van der Waals surface area contributed by atoms with Crippen LogP contribution in [0.25, 0.3) is 0 Å². The first-order valence-corrected chi connectivity index (χ1v) is 6.68. The number of urea groups is 1. The molecule has 0 atom stereocenters. The largest absolute Gasteiger partial charge is 0.481 e. The molecule has 0 aliphatic heterocycles. The number of rotatable bonds is 6. The van der Waals surface area contributed by atoms with Crippen LogP contribution in [0.4, 0.5) is 4.79 Å². The van der Waals surface area contributed by atoms with Gasteiger partial charge in [-0.25, -0.2) is 4.79 Å². The minimum atomic E-state index is -0.885. The number of aliphatic carboxylic acids is 1. The van der Waals surface area contributed by atoms with Crippen LogP contribution in [-0.2, 0) is 4.79 Å². The number of carbonyl (C=O) groups is 2. The number of hydrogen-bond donors (Lipinski definition) is 1. The molecule has 1 aliphatic rings. The van der Waals surface area contributed by atoms with E-state index < -0.39 is 5.97 Å². The van der Waals surface area contributed by atoms with Gasteiger partial charge in [-0.2, -0.15) is 0 Å². The molecular formula is C14H24N2O3. The van der Waals surface area contributed by atoms with Crippen molar-refractivity contribution >= 4 is 12.0 Å². The molecule has 1 rings (SSSR count). The zero-order valence-corrected chi connectivity index (χ0v) is 12.1. The summed E-state index contributed by atoms with van der Waals surface area (Å²) in [6, 6.07) is 0.205. The lowest BCUT2D eigenvalue weighted by Crippen LogP contribution is -2.53. The Hall–Kier alpha value is -1.52. The second kappa shape index (κ2) is 6.08. The van der Waals surface area contributed by atoms with Crippen molar-refractivity contribution in [3.63, 3.8) is 0 Å². The first-order chi connectivity index (χ1) is 8.77. The van der Waals surface area contributed by atoms with Crippen LogP contribution in [0.15, 0.2) is 12.7 Å². The van der Waals surface area contributed by atoms with Gasteiger partial charge in [0, 0.05) is 24.7 Å². The van der Waals surface area contributed by atoms with E-state index in [1.807, 2.05) is 20.8 Å². The number of carbonyl (C=O) groups excluding carboxylic acids is 1. The van der Waals surface area contributed by atoms with E-state index in [0.29, 0.717) is 12.6 Å². The highest BCUT2D eigenvalue weighted by Gasteiger charge is 2.37. The summed E-state index contributed by atoms with van der Waals surface area (Å²) < 4.78 is 0. The number of nitrogens with zero attached hydrogens (tertiary/aromatic N) is 2. The summed E-state index contributed by atoms with van der Waals surface area (Å²) in [6.45, 7) is 10.2. The lowest BCUT2D eigenvalue weighted by Gasteiger charge is -2.39. The van der Waals surface area contributed by atoms with Crippen LogP contribution in [0.1, 0.15) is 40.0 Å². The molecular weight excluding hydrogens is 244 g/mol. The third-order valence-electron chi connectivity index (χ3n) is 3.15. The molecule has 1 saturated carbocycles. The normalized spacial score (nSPS) is 14.9. The van der Waals surface area contributed by atoms with Gasteiger partial charge in [-0.15, -0.1) is 6.58 Å². The van der Waals surface area contributed by atoms with Crippen molar-refractivity contribution in [3.8, 4) is 0 Å². The fourth-order valence-corrected chi connectivity index (χ4v) is 1.99. The van der Waals surface area contributed by atoms with E-state index >= 15 is 0 Å². The van der Waals surface area contributed by atoms with Crippen molar-refractivity contribution in [1.29, 1.82) is 0 Å². The molecule has 1 N–H and O–H groups in total. The molecule has 0 radical (unpaired) electrons. The minimum Gasteiger partial charge on any atom is -0.481 e. The molecule has 0 unspecified atom stereocenters. The highest BCUT2D eigenvalue weighted by atomic mass is 16.4. The summed E-state index contributed by atoms with van der Waals surface area (Å²) in [6.07, 6.45) is 3.73. The Morgan fingerprint density at radius 1 is 1.37 bits per heavy atom. The van der Waals surface area contributed by atoms with E-state index in [9.17, 15) is 9.59 Å². The number of hydrogen-bond acceptors (Lipinski definition) is 2. The van der Waals surface area contributed by atoms with Gasteiger partial charge in [0.05, 0.1) is 6.42 Å². The fourth-order valence-electron chi connectivity index (χ4n) is 1.99. The molecule has 0 aromatic rings. The zero-order chi connectivity index (χ0) is 14.6. The van der Waals surface area contributed by atoms with E-state index in [1.165, 1.54) is 0 Å². The van der Waals surface area contributed by atoms with Gasteiger partial charge in [-0.05, 0) is 33.6 Å². The molecule has 0 aromatic heterocycles. The molecule has 0 aromatic carbocycles. The van der Waals surface area contributed by atoms with Gasteiger partial charge >= 0.3 is 12.0 Å². The van der Waals surface area contributed by atoms with Crippen molar-refractivity contribution in [2.24, 2.45) is 0 Å². The number of carboxylic acids is 1. The van der Waals surface area contributed by atoms with Crippen LogP contribution in [0.3, 0.4) is 0 Å². The van der Waals surface area contributed by atoms with Crippen LogP contribution in [-0.4, -0.2) is 51.6 Å². The van der Waals surface area contributed by atoms with Gasteiger partial charge in [-0.3, -0.25) is 4.79 Å². The lowest BCUT2D eigenvalue weighted by molar-refractivity contribution is -0.137. The summed E-state index contributed by atoms with van der Waals surface area (Å²) in [5.41, 5.74) is -0.388. The van der Waals surface area contributed by atoms with E-state index in [0.717, 1.165) is 12.8 Å². The first kappa shape index (κ1) is 15.5. The van der Waals surface area contributed by atoms with Gasteiger partial charge in [0.25, 0.3) is 0 Å². The molecule has 0 bridgehead atoms. The van der Waals surface area contributed by atoms with Crippen LogP contribution >= 0.6 is 0 Å². The van der Waals surface area contributed by atoms with Crippen molar-refractivity contribution < 1.29 is 14.7 Å². The SMILES string of the molecule is C=CCN(C(=O)N(CCC(=O)O)C(C)(C)C)C1CC1. The van der Waals surface area contributed by atoms with E-state index in [-0.39, 0.29) is 24.5 Å². The van der Waals surface area contributed by atoms with Crippen LogP contribution in [0, 0.1) is 0 Å². The third kappa shape index (κ3) is 4.58. The standard InChI is InChI=1S/C14H24N2O3/c1-5-9-15(11-6-7-11)13(19)16(14(2,3)4)10-8-12(17)18/h5,11H,1,6-10H2,2-4H3,(H,17,18). The molecule has 108 valence electrons. The Kier molecular flexibility index (Phi) is 4.97. The molecule has 2 amide bonds. The smallest absolute Gasteiger partial charge is 0.320 e. The summed E-state index contributed by atoms with van der Waals surface area (Å²) in [4.78, 5) is 26.7. The average Bonchev–Trinajstić information content (AvgIpc) is 3.07. The van der Waals surface area contributed by atoms with Crippen molar-refractivity contribution in [1.82, 2.24) is 9.80 Å². The quantitative estimate of drug-likeness (QED) is 0.752. The molecule has 0 heterocycles. The van der Waals surface area contributed by atoms with Gasteiger partial charge < -0.3 is 14.9 Å². The summed E-state index contributed by atoms with van der Waals surface area (Å²) >= 11 is 0. The topological polar surface area (TPSA) is 60.9 Å². The number of carboxylic acid groups (broad SMARTS) is 1. The lowest BCUT2D eigenvalue weighted by atomic mass is 10.1. The Morgan fingerprint density at radius 2 is 1.95 bits per heavy atom. The molecule has 1 aliphatic carbocycles. The molecule has 19 heavy (non-hydrogen) atoms. The first-order valence-electron chi connectivity index (χ1n) is 6.68. The van der Waals surface area contributed by atoms with Gasteiger partial charge in [0.15, 0.2) is 0 Å². The highest BCUT2D eigenvalue weighted by Crippen LogP contribution is 2.29. The second-order valence-corrected chi connectivity index (χ2v) is 5.92. The Balaban J connectivity index is 2.79. The van der Waals surface area contributed by atoms with E-state index in [2.05, 4.69) is 6.58 Å². The third-order valence-corrected chi connectivity index (χ3v) is 3.15. The predicted molar refractivity (Wildman–Crippen MR) is 74.0 cm³/mol. The Morgan fingerprint density at radius 3 is 2.32 bits per heavy atom. The van der Waals surface area contributed by atoms with Gasteiger partial charge in [0.2, 0.25) is 0 Å². The van der Waals surface area contributed by atoms with Gasteiger partial charge in [0.1, 0.15) is 0 Å². The highest BCUT2D eigenvalue weighted by molar-refractivity contribution is 5.77. The maximum Gasteiger partial charge on any atom is 0.320 e. The summed E-state index contributed by atoms with van der Waals surface area (Å²) in [5, 5.41) is 8.81. The predicted octanol–water partition coefficient (Wildman–Crippen LogP) is 2.33. The number of amides is 2. The zero-order valence-electron chi connectivity index (χ0n) is 12.1. The van der Waals surface area contributed by atoms with Crippen molar-refractivity contribution in [2.45, 2.75) is 51.6 Å². The Bertz CT molecular complexity index is 356. The maximum absolute atomic E-state index is 12.6. The van der Waals surface area contributed by atoms with Crippen LogP contribution in [0.2, 0.25) is 0 Å². The van der Waals surface area contributed by atoms with E-state index in [1.54, 1.807) is 15.9 Å². The molecule has 5 nitrogen and oxygen atoms in total. The summed E-state index contributed by atoms with van der Waals surface area (Å²) in [5.74, 6) is -0.885. The fraction of sp³-hybridized carbons (Fsp3) is 0.714. The average molecular weight is 268 g/mol. The molecule has 0 saturated heterocycles. The molecule has 0 spiro atoms. The maximum atomic E-state index is 12.6. The monoisotopic (exact) mass is 268 g/mol. The second-order valence-electron chi connectivity index (χ2n) is 5.92. The Labute approximate surface area is 114 Å². The minimum absolute atomic E-state index is 0.0321. The van der Waals surface area contributed by atoms with Crippen molar-refractivity contribution in [3.05, 3.63) is 12.7 Å². The van der Waals surface area contributed by atoms with Crippen molar-refractivity contribution in [2.75, 3.05) is 13.1 Å². The van der Waals surface area contributed by atoms with Gasteiger partial charge in [-0.1, -0.05) is 6.08 Å². The molecule has 5 heteroatoms.